The van der Waals surface area contributed by atoms with Crippen molar-refractivity contribution in [2.45, 2.75) is 45.3 Å². The third-order valence-electron chi connectivity index (χ3n) is 4.58. The molecule has 2 N–H and O–H groups in total. The SMILES string of the molecule is Cc1nc(C)c(C(=O)NCc2ccnc(C(F)(F)F)n2)c(C2CCNCC2)n1.Cl. The lowest BCUT2D eigenvalue weighted by atomic mass is 9.90. The molecule has 1 fully saturated rings. The highest BCUT2D eigenvalue weighted by Crippen LogP contribution is 2.28. The van der Waals surface area contributed by atoms with E-state index < -0.39 is 17.9 Å². The zero-order valence-electron chi connectivity index (χ0n) is 16.0. The van der Waals surface area contributed by atoms with E-state index in [1.807, 2.05) is 0 Å². The molecular weight excluding hydrogens is 409 g/mol. The van der Waals surface area contributed by atoms with Crippen LogP contribution in [0.5, 0.6) is 0 Å². The molecular formula is C18H22ClF3N6O. The van der Waals surface area contributed by atoms with E-state index in [-0.39, 0.29) is 30.6 Å². The summed E-state index contributed by atoms with van der Waals surface area (Å²) >= 11 is 0. The average Bonchev–Trinajstić information content (AvgIpc) is 2.66. The van der Waals surface area contributed by atoms with Crippen molar-refractivity contribution >= 4 is 18.3 Å². The molecule has 158 valence electrons. The highest BCUT2D eigenvalue weighted by molar-refractivity contribution is 5.96. The minimum Gasteiger partial charge on any atom is -0.346 e. The molecule has 0 aromatic carbocycles. The standard InChI is InChI=1S/C18H21F3N6O.ClH/c1-10-14(15(26-11(2)25-10)12-3-6-22-7-4-12)16(28)24-9-13-5-8-23-17(27-13)18(19,20)21;/h5,8,12,22H,3-4,6-7,9H2,1-2H3,(H,24,28);1H. The number of piperidine rings is 1. The van der Waals surface area contributed by atoms with Crippen molar-refractivity contribution in [3.63, 3.8) is 0 Å². The summed E-state index contributed by atoms with van der Waals surface area (Å²) in [5.41, 5.74) is 1.72. The number of hydrogen-bond donors (Lipinski definition) is 2. The Labute approximate surface area is 172 Å². The maximum absolute atomic E-state index is 12.8. The Morgan fingerprint density at radius 2 is 1.90 bits per heavy atom. The first-order chi connectivity index (χ1) is 13.3. The molecule has 0 unspecified atom stereocenters. The van der Waals surface area contributed by atoms with Crippen LogP contribution >= 0.6 is 12.4 Å². The zero-order chi connectivity index (χ0) is 20.3. The number of carbonyl (C=O) groups is 1. The molecule has 2 aromatic rings. The van der Waals surface area contributed by atoms with Crippen LogP contribution in [0.2, 0.25) is 0 Å². The van der Waals surface area contributed by atoms with Gasteiger partial charge in [0.25, 0.3) is 5.91 Å². The lowest BCUT2D eigenvalue weighted by Gasteiger charge is -2.24. The number of nitrogens with one attached hydrogen (secondary N) is 2. The maximum Gasteiger partial charge on any atom is 0.451 e. The zero-order valence-corrected chi connectivity index (χ0v) is 16.8. The molecule has 2 aromatic heterocycles. The number of alkyl halides is 3. The lowest BCUT2D eigenvalue weighted by Crippen LogP contribution is -2.31. The van der Waals surface area contributed by atoms with E-state index in [1.54, 1.807) is 13.8 Å². The Kier molecular flexibility index (Phi) is 7.48. The quantitative estimate of drug-likeness (QED) is 0.774. The molecule has 0 spiro atoms. The van der Waals surface area contributed by atoms with E-state index in [0.717, 1.165) is 32.1 Å². The molecule has 7 nitrogen and oxygen atoms in total. The number of nitrogens with zero attached hydrogens (tertiary/aromatic N) is 4. The molecule has 0 atom stereocenters. The molecule has 1 saturated heterocycles. The van der Waals surface area contributed by atoms with Gasteiger partial charge in [-0.2, -0.15) is 13.2 Å². The van der Waals surface area contributed by atoms with Gasteiger partial charge in [-0.3, -0.25) is 4.79 Å². The maximum atomic E-state index is 12.8. The summed E-state index contributed by atoms with van der Waals surface area (Å²) in [5.74, 6) is -0.922. The summed E-state index contributed by atoms with van der Waals surface area (Å²) in [4.78, 5) is 28.3. The molecule has 1 aliphatic heterocycles. The van der Waals surface area contributed by atoms with Gasteiger partial charge in [0.15, 0.2) is 0 Å². The van der Waals surface area contributed by atoms with Crippen LogP contribution in [0.4, 0.5) is 13.2 Å². The molecule has 0 radical (unpaired) electrons. The summed E-state index contributed by atoms with van der Waals surface area (Å²) in [6.07, 6.45) is -1.89. The van der Waals surface area contributed by atoms with Gasteiger partial charge in [0.2, 0.25) is 5.82 Å². The fourth-order valence-corrected chi connectivity index (χ4v) is 3.30. The van der Waals surface area contributed by atoms with E-state index in [1.165, 1.54) is 6.07 Å². The van der Waals surface area contributed by atoms with Gasteiger partial charge in [-0.25, -0.2) is 19.9 Å². The molecule has 0 bridgehead atoms. The van der Waals surface area contributed by atoms with E-state index in [2.05, 4.69) is 30.6 Å². The summed E-state index contributed by atoms with van der Waals surface area (Å²) < 4.78 is 38.2. The van der Waals surface area contributed by atoms with Gasteiger partial charge in [0.05, 0.1) is 29.2 Å². The van der Waals surface area contributed by atoms with Gasteiger partial charge < -0.3 is 10.6 Å². The van der Waals surface area contributed by atoms with Crippen LogP contribution < -0.4 is 10.6 Å². The van der Waals surface area contributed by atoms with E-state index in [0.29, 0.717) is 22.8 Å². The van der Waals surface area contributed by atoms with Crippen LogP contribution in [0.3, 0.4) is 0 Å². The van der Waals surface area contributed by atoms with Crippen LogP contribution in [-0.4, -0.2) is 38.9 Å². The van der Waals surface area contributed by atoms with Crippen molar-refractivity contribution in [1.82, 2.24) is 30.6 Å². The topological polar surface area (TPSA) is 92.7 Å². The Morgan fingerprint density at radius 1 is 1.21 bits per heavy atom. The van der Waals surface area contributed by atoms with Crippen LogP contribution in [0.15, 0.2) is 12.3 Å². The van der Waals surface area contributed by atoms with Crippen LogP contribution in [-0.2, 0) is 12.7 Å². The van der Waals surface area contributed by atoms with Gasteiger partial charge in [-0.15, -0.1) is 12.4 Å². The second kappa shape index (κ2) is 9.45. The molecule has 3 heterocycles. The molecule has 1 aliphatic rings. The summed E-state index contributed by atoms with van der Waals surface area (Å²) in [6.45, 7) is 5.05. The Hall–Kier alpha value is -2.33. The molecule has 0 saturated carbocycles. The van der Waals surface area contributed by atoms with Crippen LogP contribution in [0, 0.1) is 13.8 Å². The highest BCUT2D eigenvalue weighted by Gasteiger charge is 2.34. The largest absolute Gasteiger partial charge is 0.451 e. The van der Waals surface area contributed by atoms with E-state index >= 15 is 0 Å². The van der Waals surface area contributed by atoms with E-state index in [9.17, 15) is 18.0 Å². The number of rotatable bonds is 4. The first kappa shape index (κ1) is 23.0. The van der Waals surface area contributed by atoms with Gasteiger partial charge in [0, 0.05) is 12.1 Å². The molecule has 11 heteroatoms. The molecule has 1 amide bonds. The van der Waals surface area contributed by atoms with Crippen molar-refractivity contribution in [2.75, 3.05) is 13.1 Å². The first-order valence-electron chi connectivity index (χ1n) is 8.99. The third-order valence-corrected chi connectivity index (χ3v) is 4.58. The first-order valence-corrected chi connectivity index (χ1v) is 8.99. The number of amides is 1. The van der Waals surface area contributed by atoms with Gasteiger partial charge in [-0.05, 0) is 45.8 Å². The molecule has 0 aliphatic carbocycles. The van der Waals surface area contributed by atoms with Crippen molar-refractivity contribution in [3.8, 4) is 0 Å². The second-order valence-electron chi connectivity index (χ2n) is 6.69. The van der Waals surface area contributed by atoms with Crippen LogP contribution in [0.1, 0.15) is 57.8 Å². The minimum atomic E-state index is -4.64. The average molecular weight is 431 g/mol. The minimum absolute atomic E-state index is 0. The summed E-state index contributed by atoms with van der Waals surface area (Å²) in [7, 11) is 0. The van der Waals surface area contributed by atoms with Crippen LogP contribution in [0.25, 0.3) is 0 Å². The van der Waals surface area contributed by atoms with Crippen molar-refractivity contribution in [1.29, 1.82) is 0 Å². The summed E-state index contributed by atoms with van der Waals surface area (Å²) in [6, 6.07) is 1.34. The predicted octanol–water partition coefficient (Wildman–Crippen LogP) is 2.72. The number of halogens is 4. The number of carbonyl (C=O) groups excluding carboxylic acids is 1. The van der Waals surface area contributed by atoms with Crippen molar-refractivity contribution < 1.29 is 18.0 Å². The van der Waals surface area contributed by atoms with Gasteiger partial charge >= 0.3 is 6.18 Å². The fraction of sp³-hybridized carbons (Fsp3) is 0.500. The Balaban J connectivity index is 0.00000300. The van der Waals surface area contributed by atoms with E-state index in [4.69, 9.17) is 0 Å². The fourth-order valence-electron chi connectivity index (χ4n) is 3.30. The van der Waals surface area contributed by atoms with Crippen molar-refractivity contribution in [3.05, 3.63) is 46.6 Å². The molecule has 3 rings (SSSR count). The smallest absolute Gasteiger partial charge is 0.346 e. The second-order valence-corrected chi connectivity index (χ2v) is 6.69. The lowest BCUT2D eigenvalue weighted by molar-refractivity contribution is -0.145. The van der Waals surface area contributed by atoms with Gasteiger partial charge in [-0.1, -0.05) is 0 Å². The molecule has 29 heavy (non-hydrogen) atoms. The third kappa shape index (κ3) is 5.60. The van der Waals surface area contributed by atoms with Gasteiger partial charge in [0.1, 0.15) is 5.82 Å². The number of aryl methyl sites for hydroxylation is 2. The predicted molar refractivity (Wildman–Crippen MR) is 102 cm³/mol. The highest BCUT2D eigenvalue weighted by atomic mass is 35.5. The summed E-state index contributed by atoms with van der Waals surface area (Å²) in [5, 5.41) is 5.92. The number of aromatic nitrogens is 4. The Bertz CT molecular complexity index is 871. The normalized spacial score (nSPS) is 14.9. The monoisotopic (exact) mass is 430 g/mol. The Morgan fingerprint density at radius 3 is 2.55 bits per heavy atom. The van der Waals surface area contributed by atoms with Crippen molar-refractivity contribution in [2.24, 2.45) is 0 Å². The number of hydrogen-bond acceptors (Lipinski definition) is 6.